The van der Waals surface area contributed by atoms with E-state index in [1.807, 2.05) is 0 Å². The fourth-order valence-electron chi connectivity index (χ4n) is 3.59. The number of thiazole rings is 1. The van der Waals surface area contributed by atoms with Crippen LogP contribution in [0.2, 0.25) is 0 Å². The number of methoxy groups -OCH3 is 2. The molecule has 0 saturated heterocycles. The minimum atomic E-state index is -0.694. The molecule has 4 rings (SSSR count). The highest BCUT2D eigenvalue weighted by Crippen LogP contribution is 2.28. The molecule has 0 bridgehead atoms. The van der Waals surface area contributed by atoms with Crippen LogP contribution in [0.5, 0.6) is 0 Å². The van der Waals surface area contributed by atoms with Crippen LogP contribution in [-0.4, -0.2) is 41.5 Å². The van der Waals surface area contributed by atoms with Gasteiger partial charge in [-0.15, -0.1) is 11.3 Å². The van der Waals surface area contributed by atoms with Crippen molar-refractivity contribution < 1.29 is 23.9 Å². The van der Waals surface area contributed by atoms with Gasteiger partial charge in [-0.1, -0.05) is 0 Å². The molecule has 1 aliphatic rings. The van der Waals surface area contributed by atoms with E-state index < -0.39 is 23.4 Å². The van der Waals surface area contributed by atoms with Crippen molar-refractivity contribution in [3.63, 3.8) is 0 Å². The highest BCUT2D eigenvalue weighted by atomic mass is 32.1. The lowest BCUT2D eigenvalue weighted by Crippen LogP contribution is -2.27. The number of carbonyl (C=O) groups is 3. The van der Waals surface area contributed by atoms with E-state index in [9.17, 15) is 19.2 Å². The summed E-state index contributed by atoms with van der Waals surface area (Å²) >= 11 is 1.47. The third-order valence-electron chi connectivity index (χ3n) is 5.08. The monoisotopic (exact) mass is 441 g/mol. The molecule has 0 unspecified atom stereocenters. The number of fused-ring (bicyclic) bond motifs is 3. The maximum absolute atomic E-state index is 13.1. The molecule has 0 saturated carbocycles. The molecule has 1 amide bonds. The third-order valence-corrected chi connectivity index (χ3v) is 6.24. The predicted molar refractivity (Wildman–Crippen MR) is 113 cm³/mol. The van der Waals surface area contributed by atoms with E-state index in [1.165, 1.54) is 54.4 Å². The van der Waals surface area contributed by atoms with E-state index in [2.05, 4.69) is 10.3 Å². The Morgan fingerprint density at radius 3 is 2.32 bits per heavy atom. The van der Waals surface area contributed by atoms with Crippen LogP contribution in [0.1, 0.15) is 54.5 Å². The number of carbonyl (C=O) groups excluding carboxylic acids is 3. The zero-order valence-corrected chi connectivity index (χ0v) is 17.7. The Labute approximate surface area is 180 Å². The van der Waals surface area contributed by atoms with Gasteiger partial charge in [-0.05, 0) is 43.9 Å². The molecule has 2 heterocycles. The second-order valence-corrected chi connectivity index (χ2v) is 8.07. The van der Waals surface area contributed by atoms with Gasteiger partial charge in [0.05, 0.1) is 25.3 Å². The van der Waals surface area contributed by atoms with E-state index in [1.54, 1.807) is 0 Å². The first kappa shape index (κ1) is 20.7. The molecule has 0 aliphatic heterocycles. The standard InChI is InChI=1S/C21H19N3O6S/c1-29-19(27)11-7-12(20(28)30-2)9-13(8-11)23-17(25)14-10-22-21-24(18(14)26)15-5-3-4-6-16(15)31-21/h7-10H,3-6H2,1-2H3,(H,23,25). The number of nitrogens with one attached hydrogen (secondary N) is 1. The quantitative estimate of drug-likeness (QED) is 0.618. The minimum absolute atomic E-state index is 0.0536. The number of anilines is 1. The van der Waals surface area contributed by atoms with E-state index in [-0.39, 0.29) is 22.4 Å². The summed E-state index contributed by atoms with van der Waals surface area (Å²) in [5, 5.41) is 2.57. The Balaban J connectivity index is 1.72. The summed E-state index contributed by atoms with van der Waals surface area (Å²) in [5.74, 6) is -2.07. The summed E-state index contributed by atoms with van der Waals surface area (Å²) < 4.78 is 10.9. The number of amides is 1. The first-order chi connectivity index (χ1) is 14.9. The lowest BCUT2D eigenvalue weighted by molar-refractivity contribution is 0.0599. The number of benzene rings is 1. The van der Waals surface area contributed by atoms with E-state index in [0.717, 1.165) is 36.3 Å². The Hall–Kier alpha value is -3.53. The molecule has 0 fully saturated rings. The van der Waals surface area contributed by atoms with Gasteiger partial charge in [0.15, 0.2) is 4.96 Å². The first-order valence-corrected chi connectivity index (χ1v) is 10.4. The average Bonchev–Trinajstić information content (AvgIpc) is 3.17. The van der Waals surface area contributed by atoms with Crippen LogP contribution in [0.15, 0.2) is 29.2 Å². The number of nitrogens with zero attached hydrogens (tertiary/aromatic N) is 2. The Morgan fingerprint density at radius 2 is 1.68 bits per heavy atom. The number of esters is 2. The Bertz CT molecular complexity index is 1240. The topological polar surface area (TPSA) is 116 Å². The SMILES string of the molecule is COC(=O)c1cc(NC(=O)c2cnc3sc4c(n3c2=O)CCCC4)cc(C(=O)OC)c1. The smallest absolute Gasteiger partial charge is 0.337 e. The molecule has 31 heavy (non-hydrogen) atoms. The zero-order valence-electron chi connectivity index (χ0n) is 16.9. The maximum Gasteiger partial charge on any atom is 0.337 e. The van der Waals surface area contributed by atoms with Gasteiger partial charge in [0.2, 0.25) is 0 Å². The predicted octanol–water partition coefficient (Wildman–Crippen LogP) is 2.46. The van der Waals surface area contributed by atoms with Gasteiger partial charge >= 0.3 is 11.9 Å². The molecule has 2 aromatic heterocycles. The fraction of sp³-hybridized carbons (Fsp3) is 0.286. The average molecular weight is 441 g/mol. The zero-order chi connectivity index (χ0) is 22.1. The molecule has 1 aromatic carbocycles. The van der Waals surface area contributed by atoms with Crippen LogP contribution in [0.4, 0.5) is 5.69 Å². The summed E-state index contributed by atoms with van der Waals surface area (Å²) in [4.78, 5) is 55.8. The lowest BCUT2D eigenvalue weighted by atomic mass is 10.0. The molecule has 10 heteroatoms. The van der Waals surface area contributed by atoms with Crippen molar-refractivity contribution in [2.24, 2.45) is 0 Å². The molecule has 3 aromatic rings. The van der Waals surface area contributed by atoms with Gasteiger partial charge in [0.1, 0.15) is 5.56 Å². The summed E-state index contributed by atoms with van der Waals surface area (Å²) in [6.07, 6.45) is 4.98. The van der Waals surface area contributed by atoms with Gasteiger partial charge in [0.25, 0.3) is 11.5 Å². The molecule has 1 N–H and O–H groups in total. The number of aromatic nitrogens is 2. The van der Waals surface area contributed by atoms with Gasteiger partial charge in [-0.25, -0.2) is 14.6 Å². The molecular weight excluding hydrogens is 422 g/mol. The molecule has 0 radical (unpaired) electrons. The Morgan fingerprint density at radius 1 is 1.03 bits per heavy atom. The van der Waals surface area contributed by atoms with Crippen molar-refractivity contribution in [2.45, 2.75) is 25.7 Å². The van der Waals surface area contributed by atoms with Crippen molar-refractivity contribution in [1.29, 1.82) is 0 Å². The van der Waals surface area contributed by atoms with Crippen LogP contribution in [0.25, 0.3) is 4.96 Å². The van der Waals surface area contributed by atoms with Crippen molar-refractivity contribution in [3.8, 4) is 0 Å². The van der Waals surface area contributed by atoms with E-state index in [4.69, 9.17) is 9.47 Å². The summed E-state index contributed by atoms with van der Waals surface area (Å²) in [5.41, 5.74) is 0.589. The number of hydrogen-bond donors (Lipinski definition) is 1. The summed E-state index contributed by atoms with van der Waals surface area (Å²) in [7, 11) is 2.41. The number of aryl methyl sites for hydroxylation is 2. The van der Waals surface area contributed by atoms with Crippen molar-refractivity contribution in [1.82, 2.24) is 9.38 Å². The number of ether oxygens (including phenoxy) is 2. The van der Waals surface area contributed by atoms with E-state index >= 15 is 0 Å². The second kappa shape index (κ2) is 8.31. The molecule has 160 valence electrons. The first-order valence-electron chi connectivity index (χ1n) is 9.58. The molecule has 9 nitrogen and oxygen atoms in total. The van der Waals surface area contributed by atoms with Crippen molar-refractivity contribution >= 4 is 39.8 Å². The van der Waals surface area contributed by atoms with Crippen LogP contribution in [-0.2, 0) is 22.3 Å². The van der Waals surface area contributed by atoms with Crippen molar-refractivity contribution in [3.05, 3.63) is 62.0 Å². The van der Waals surface area contributed by atoms with Crippen LogP contribution >= 0.6 is 11.3 Å². The van der Waals surface area contributed by atoms with Crippen LogP contribution in [0.3, 0.4) is 0 Å². The molecular formula is C21H19N3O6S. The summed E-state index contributed by atoms with van der Waals surface area (Å²) in [6.45, 7) is 0. The number of hydrogen-bond acceptors (Lipinski definition) is 8. The minimum Gasteiger partial charge on any atom is -0.465 e. The highest BCUT2D eigenvalue weighted by molar-refractivity contribution is 7.17. The largest absolute Gasteiger partial charge is 0.465 e. The summed E-state index contributed by atoms with van der Waals surface area (Å²) in [6, 6.07) is 4.01. The van der Waals surface area contributed by atoms with Gasteiger partial charge in [0, 0.05) is 22.5 Å². The lowest BCUT2D eigenvalue weighted by Gasteiger charge is -2.11. The fourth-order valence-corrected chi connectivity index (χ4v) is 4.76. The van der Waals surface area contributed by atoms with Gasteiger partial charge in [-0.2, -0.15) is 0 Å². The Kier molecular flexibility index (Phi) is 5.55. The van der Waals surface area contributed by atoms with Gasteiger partial charge < -0.3 is 14.8 Å². The molecule has 0 atom stereocenters. The van der Waals surface area contributed by atoms with Crippen LogP contribution < -0.4 is 10.9 Å². The molecule has 0 spiro atoms. The molecule has 1 aliphatic carbocycles. The van der Waals surface area contributed by atoms with Crippen LogP contribution in [0, 0.1) is 0 Å². The second-order valence-electron chi connectivity index (χ2n) is 7.01. The van der Waals surface area contributed by atoms with Crippen molar-refractivity contribution in [2.75, 3.05) is 19.5 Å². The van der Waals surface area contributed by atoms with E-state index in [0.29, 0.717) is 4.96 Å². The number of rotatable bonds is 4. The third kappa shape index (κ3) is 3.81. The normalized spacial score (nSPS) is 12.8. The highest BCUT2D eigenvalue weighted by Gasteiger charge is 2.22. The van der Waals surface area contributed by atoms with Gasteiger partial charge in [-0.3, -0.25) is 14.0 Å². The maximum atomic E-state index is 13.1.